The quantitative estimate of drug-likeness (QED) is 0.466. The Morgan fingerprint density at radius 3 is 2.53 bits per heavy atom. The van der Waals surface area contributed by atoms with E-state index in [1.165, 1.54) is 0 Å². The predicted octanol–water partition coefficient (Wildman–Crippen LogP) is 4.15. The average molecular weight is 537 g/mol. The number of nitrogens with one attached hydrogen (secondary N) is 1. The fourth-order valence-corrected chi connectivity index (χ4v) is 7.46. The lowest BCUT2D eigenvalue weighted by molar-refractivity contribution is 0.0383. The van der Waals surface area contributed by atoms with E-state index in [2.05, 4.69) is 16.0 Å². The molecule has 1 N–H and O–H groups in total. The number of hydrogen-bond donors (Lipinski definition) is 1. The van der Waals surface area contributed by atoms with Gasteiger partial charge >= 0.3 is 0 Å². The van der Waals surface area contributed by atoms with Crippen LogP contribution in [0, 0.1) is 12.8 Å². The molecule has 0 aliphatic carbocycles. The molecule has 3 heterocycles. The molecule has 8 nitrogen and oxygen atoms in total. The highest BCUT2D eigenvalue weighted by atomic mass is 31.1. The van der Waals surface area contributed by atoms with Crippen LogP contribution >= 0.6 is 7.69 Å². The molecule has 9 heteroatoms. The zero-order valence-corrected chi connectivity index (χ0v) is 23.2. The minimum absolute atomic E-state index is 0.117. The van der Waals surface area contributed by atoms with E-state index in [0.29, 0.717) is 23.8 Å². The summed E-state index contributed by atoms with van der Waals surface area (Å²) in [7, 11) is 0.941. The third-order valence-corrected chi connectivity index (χ3v) is 9.52. The summed E-state index contributed by atoms with van der Waals surface area (Å²) in [5, 5.41) is 3.98. The van der Waals surface area contributed by atoms with Gasteiger partial charge in [0.1, 0.15) is 5.75 Å². The van der Waals surface area contributed by atoms with Crippen molar-refractivity contribution in [3.05, 3.63) is 58.9 Å². The number of likely N-dealkylation sites (tertiary alicyclic amines) is 1. The zero-order chi connectivity index (χ0) is 26.5. The van der Waals surface area contributed by atoms with Crippen LogP contribution in [0.3, 0.4) is 0 Å². The normalized spacial score (nSPS) is 17.5. The predicted molar refractivity (Wildman–Crippen MR) is 150 cm³/mol. The van der Waals surface area contributed by atoms with Crippen molar-refractivity contribution in [2.24, 2.45) is 5.92 Å². The SMILES string of the molecule is COc1c(C(=O)NCCN2CCOCC2)ccc2np(CC3CCN(C(=O)c4ccc(C)cc4)CC3)cc12. The smallest absolute Gasteiger partial charge is 0.255 e. The Bertz CT molecular complexity index is 1260. The molecular weight excluding hydrogens is 499 g/mol. The van der Waals surface area contributed by atoms with Crippen LogP contribution in [0.5, 0.6) is 5.75 Å². The van der Waals surface area contributed by atoms with E-state index in [0.717, 1.165) is 87.0 Å². The molecule has 0 bridgehead atoms. The van der Waals surface area contributed by atoms with Crippen LogP contribution in [-0.4, -0.2) is 86.0 Å². The minimum Gasteiger partial charge on any atom is -0.495 e. The number of methoxy groups -OCH3 is 1. The summed E-state index contributed by atoms with van der Waals surface area (Å²) < 4.78 is 16.1. The minimum atomic E-state index is -0.679. The molecule has 202 valence electrons. The van der Waals surface area contributed by atoms with Gasteiger partial charge in [-0.1, -0.05) is 17.7 Å². The van der Waals surface area contributed by atoms with Gasteiger partial charge in [-0.25, -0.2) is 4.75 Å². The first-order chi connectivity index (χ1) is 18.5. The van der Waals surface area contributed by atoms with Gasteiger partial charge in [-0.05, 0) is 63.4 Å². The van der Waals surface area contributed by atoms with Crippen molar-refractivity contribution in [1.82, 2.24) is 19.9 Å². The van der Waals surface area contributed by atoms with Crippen molar-refractivity contribution in [3.8, 4) is 5.75 Å². The summed E-state index contributed by atoms with van der Waals surface area (Å²) in [5.41, 5.74) is 3.39. The van der Waals surface area contributed by atoms with Crippen molar-refractivity contribution in [3.63, 3.8) is 0 Å². The van der Waals surface area contributed by atoms with Gasteiger partial charge in [-0.2, -0.15) is 0 Å². The van der Waals surface area contributed by atoms with Gasteiger partial charge in [-0.3, -0.25) is 14.5 Å². The van der Waals surface area contributed by atoms with Gasteiger partial charge < -0.3 is 19.7 Å². The number of aryl methyl sites for hydroxylation is 1. The highest BCUT2D eigenvalue weighted by molar-refractivity contribution is 7.44. The van der Waals surface area contributed by atoms with Crippen molar-refractivity contribution < 1.29 is 19.1 Å². The Morgan fingerprint density at radius 2 is 1.82 bits per heavy atom. The summed E-state index contributed by atoms with van der Waals surface area (Å²) in [6.07, 6.45) is 2.98. The molecule has 2 aliphatic heterocycles. The molecule has 2 aliphatic rings. The Hall–Kier alpha value is -2.93. The molecular formula is C29H37N4O4P. The molecule has 1 aromatic heterocycles. The van der Waals surface area contributed by atoms with E-state index in [1.54, 1.807) is 7.11 Å². The van der Waals surface area contributed by atoms with E-state index in [4.69, 9.17) is 14.2 Å². The summed E-state index contributed by atoms with van der Waals surface area (Å²) in [6, 6.07) is 11.6. The van der Waals surface area contributed by atoms with Crippen LogP contribution < -0.4 is 10.1 Å². The number of carbonyl (C=O) groups excluding carboxylic acids is 2. The summed E-state index contributed by atoms with van der Waals surface area (Å²) in [6.45, 7) is 8.30. The highest BCUT2D eigenvalue weighted by Gasteiger charge is 2.25. The fourth-order valence-electron chi connectivity index (χ4n) is 5.32. The summed E-state index contributed by atoms with van der Waals surface area (Å²) in [5.74, 6) is 3.36. The number of hydrogen-bond acceptors (Lipinski definition) is 6. The number of ether oxygens (including phenoxy) is 2. The fraction of sp³-hybridized carbons (Fsp3) is 0.483. The summed E-state index contributed by atoms with van der Waals surface area (Å²) in [4.78, 5) is 30.1. The molecule has 5 rings (SSSR count). The van der Waals surface area contributed by atoms with E-state index in [1.807, 2.05) is 48.2 Å². The molecule has 2 amide bonds. The number of piperidine rings is 1. The first-order valence-corrected chi connectivity index (χ1v) is 15.0. The number of morpholine rings is 1. The number of benzene rings is 2. The third kappa shape index (κ3) is 6.20. The largest absolute Gasteiger partial charge is 0.495 e. The van der Waals surface area contributed by atoms with E-state index in [-0.39, 0.29) is 11.8 Å². The Labute approximate surface area is 225 Å². The van der Waals surface area contributed by atoms with Gasteiger partial charge in [-0.15, -0.1) is 0 Å². The van der Waals surface area contributed by atoms with Gasteiger partial charge in [0, 0.05) is 56.4 Å². The molecule has 1 atom stereocenters. The molecule has 2 aromatic carbocycles. The van der Waals surface area contributed by atoms with Crippen LogP contribution in [0.4, 0.5) is 0 Å². The number of carbonyl (C=O) groups is 2. The standard InChI is InChI=1S/C29H37N4O4P/c1-21-3-5-23(6-4-21)29(35)33-12-9-22(10-13-33)19-38-20-25-26(31-38)8-7-24(27(25)36-2)28(34)30-11-14-32-15-17-37-18-16-32/h3-8,20,22H,9-19H2,1-2H3,(H,30,34). The lowest BCUT2D eigenvalue weighted by atomic mass is 9.98. The zero-order valence-electron chi connectivity index (χ0n) is 22.3. The Morgan fingerprint density at radius 1 is 1.08 bits per heavy atom. The van der Waals surface area contributed by atoms with E-state index in [9.17, 15) is 9.59 Å². The topological polar surface area (TPSA) is 84.0 Å². The van der Waals surface area contributed by atoms with Gasteiger partial charge in [0.25, 0.3) is 11.8 Å². The van der Waals surface area contributed by atoms with Crippen LogP contribution in [-0.2, 0) is 10.9 Å². The molecule has 2 saturated heterocycles. The second-order valence-corrected chi connectivity index (χ2v) is 11.9. The number of amides is 2. The van der Waals surface area contributed by atoms with Gasteiger partial charge in [0.15, 0.2) is 0 Å². The maximum atomic E-state index is 13.0. The molecule has 3 aromatic rings. The van der Waals surface area contributed by atoms with Gasteiger partial charge in [0.05, 0.1) is 31.4 Å². The van der Waals surface area contributed by atoms with Crippen molar-refractivity contribution in [2.75, 3.05) is 59.6 Å². The molecule has 0 spiro atoms. The summed E-state index contributed by atoms with van der Waals surface area (Å²) >= 11 is 0. The van der Waals surface area contributed by atoms with Crippen LogP contribution in [0.25, 0.3) is 10.9 Å². The molecule has 2 fully saturated rings. The van der Waals surface area contributed by atoms with E-state index < -0.39 is 7.69 Å². The van der Waals surface area contributed by atoms with Crippen LogP contribution in [0.2, 0.25) is 0 Å². The molecule has 0 radical (unpaired) electrons. The van der Waals surface area contributed by atoms with Crippen LogP contribution in [0.1, 0.15) is 39.1 Å². The Kier molecular flexibility index (Phi) is 8.62. The maximum Gasteiger partial charge on any atom is 0.255 e. The Balaban J connectivity index is 1.18. The maximum absolute atomic E-state index is 13.0. The molecule has 38 heavy (non-hydrogen) atoms. The lowest BCUT2D eigenvalue weighted by Crippen LogP contribution is -2.41. The lowest BCUT2D eigenvalue weighted by Gasteiger charge is -2.32. The van der Waals surface area contributed by atoms with Crippen molar-refractivity contribution >= 4 is 30.4 Å². The molecule has 1 unspecified atom stereocenters. The second kappa shape index (κ2) is 12.3. The number of nitrogens with zero attached hydrogens (tertiary/aromatic N) is 3. The van der Waals surface area contributed by atoms with E-state index >= 15 is 0 Å². The monoisotopic (exact) mass is 536 g/mol. The first kappa shape index (κ1) is 26.7. The van der Waals surface area contributed by atoms with Crippen molar-refractivity contribution in [2.45, 2.75) is 25.9 Å². The second-order valence-electron chi connectivity index (χ2n) is 10.2. The number of fused-ring (bicyclic) bond motifs is 1. The number of aromatic nitrogens is 1. The average Bonchev–Trinajstić information content (AvgIpc) is 3.36. The van der Waals surface area contributed by atoms with Crippen LogP contribution in [0.15, 0.2) is 42.2 Å². The number of rotatable bonds is 8. The first-order valence-electron chi connectivity index (χ1n) is 13.5. The van der Waals surface area contributed by atoms with Crippen molar-refractivity contribution in [1.29, 1.82) is 0 Å². The van der Waals surface area contributed by atoms with Gasteiger partial charge in [0.2, 0.25) is 0 Å². The molecule has 0 saturated carbocycles. The third-order valence-electron chi connectivity index (χ3n) is 7.60. The highest BCUT2D eigenvalue weighted by Crippen LogP contribution is 2.41.